The zero-order valence-corrected chi connectivity index (χ0v) is 18.8. The molecule has 0 unspecified atom stereocenters. The van der Waals surface area contributed by atoms with Gasteiger partial charge >= 0.3 is 0 Å². The normalized spacial score (nSPS) is 10.4. The molecule has 3 aromatic carbocycles. The fourth-order valence-electron chi connectivity index (χ4n) is 2.39. The Bertz CT molecular complexity index is 1040. The topological polar surface area (TPSA) is 76.7 Å². The van der Waals surface area contributed by atoms with Crippen molar-refractivity contribution in [3.05, 3.63) is 68.6 Å². The van der Waals surface area contributed by atoms with E-state index in [9.17, 15) is 9.59 Å². The van der Waals surface area contributed by atoms with Gasteiger partial charge in [0.2, 0.25) is 0 Å². The maximum absolute atomic E-state index is 11.9. The largest absolute Gasteiger partial charge is 0.484 e. The van der Waals surface area contributed by atoms with E-state index in [1.165, 1.54) is 0 Å². The summed E-state index contributed by atoms with van der Waals surface area (Å²) in [7, 11) is 0. The summed E-state index contributed by atoms with van der Waals surface area (Å²) >= 11 is 12.7. The van der Waals surface area contributed by atoms with Gasteiger partial charge in [-0.15, -0.1) is 0 Å². The summed E-state index contributed by atoms with van der Waals surface area (Å²) in [5.41, 5.74) is 4.54. The van der Waals surface area contributed by atoms with Crippen molar-refractivity contribution >= 4 is 66.0 Å². The van der Waals surface area contributed by atoms with E-state index in [4.69, 9.17) is 21.1 Å². The Labute approximate surface area is 188 Å². The van der Waals surface area contributed by atoms with Gasteiger partial charge in [-0.25, -0.2) is 0 Å². The van der Waals surface area contributed by atoms with Gasteiger partial charge in [0.15, 0.2) is 13.2 Å². The lowest BCUT2D eigenvalue weighted by Crippen LogP contribution is -2.45. The summed E-state index contributed by atoms with van der Waals surface area (Å²) in [6, 6.07) is 16.1. The lowest BCUT2D eigenvalue weighted by molar-refractivity contribution is -0.131. The lowest BCUT2D eigenvalue weighted by Gasteiger charge is -2.12. The molecule has 3 aromatic rings. The number of hydrogen-bond donors (Lipinski definition) is 2. The second kappa shape index (κ2) is 9.96. The average molecular weight is 543 g/mol. The maximum atomic E-state index is 11.9. The van der Waals surface area contributed by atoms with Gasteiger partial charge in [-0.3, -0.25) is 20.4 Å². The summed E-state index contributed by atoms with van der Waals surface area (Å²) in [6.07, 6.45) is 0. The molecule has 6 nitrogen and oxygen atoms in total. The number of rotatable bonds is 6. The zero-order valence-electron chi connectivity index (χ0n) is 14.9. The third kappa shape index (κ3) is 6.09. The molecular weight excluding hydrogens is 527 g/mol. The van der Waals surface area contributed by atoms with Crippen molar-refractivity contribution in [2.45, 2.75) is 0 Å². The first kappa shape index (κ1) is 21.4. The summed E-state index contributed by atoms with van der Waals surface area (Å²) in [6.45, 7) is -0.520. The van der Waals surface area contributed by atoms with Crippen molar-refractivity contribution in [1.29, 1.82) is 0 Å². The quantitative estimate of drug-likeness (QED) is 0.446. The van der Waals surface area contributed by atoms with E-state index in [0.717, 1.165) is 19.7 Å². The van der Waals surface area contributed by atoms with Gasteiger partial charge in [0.25, 0.3) is 11.8 Å². The molecule has 150 valence electrons. The predicted molar refractivity (Wildman–Crippen MR) is 118 cm³/mol. The van der Waals surface area contributed by atoms with Gasteiger partial charge in [0.1, 0.15) is 11.5 Å². The average Bonchev–Trinajstić information content (AvgIpc) is 2.71. The number of hydrazine groups is 1. The van der Waals surface area contributed by atoms with Crippen LogP contribution < -0.4 is 20.3 Å². The molecule has 0 spiro atoms. The number of hydrogen-bond acceptors (Lipinski definition) is 4. The molecule has 0 atom stereocenters. The monoisotopic (exact) mass is 540 g/mol. The van der Waals surface area contributed by atoms with Crippen LogP contribution in [-0.2, 0) is 9.59 Å². The second-order valence-corrected chi connectivity index (χ2v) is 8.02. The molecule has 0 saturated carbocycles. The SMILES string of the molecule is O=C(COc1ccc(Cl)cc1)NNC(=O)COc1ccc2cc(Br)ccc2c1Br. The number of halogens is 3. The van der Waals surface area contributed by atoms with Crippen LogP contribution in [-0.4, -0.2) is 25.0 Å². The van der Waals surface area contributed by atoms with Crippen LogP contribution in [0.4, 0.5) is 0 Å². The van der Waals surface area contributed by atoms with Gasteiger partial charge in [-0.2, -0.15) is 0 Å². The highest BCUT2D eigenvalue weighted by molar-refractivity contribution is 9.11. The Hall–Kier alpha value is -2.29. The van der Waals surface area contributed by atoms with Crippen molar-refractivity contribution in [2.24, 2.45) is 0 Å². The van der Waals surface area contributed by atoms with Crippen LogP contribution in [0.1, 0.15) is 0 Å². The Morgan fingerprint density at radius 1 is 0.862 bits per heavy atom. The first-order valence-corrected chi connectivity index (χ1v) is 10.4. The summed E-state index contributed by atoms with van der Waals surface area (Å²) in [5, 5.41) is 2.55. The molecule has 0 bridgehead atoms. The number of carbonyl (C=O) groups is 2. The lowest BCUT2D eigenvalue weighted by atomic mass is 10.1. The van der Waals surface area contributed by atoms with Crippen LogP contribution in [0.15, 0.2) is 63.5 Å². The van der Waals surface area contributed by atoms with Gasteiger partial charge in [0, 0.05) is 9.50 Å². The molecular formula is C20H15Br2ClN2O4. The van der Waals surface area contributed by atoms with E-state index in [1.54, 1.807) is 30.3 Å². The Kier molecular flexibility index (Phi) is 7.35. The molecule has 29 heavy (non-hydrogen) atoms. The third-order valence-electron chi connectivity index (χ3n) is 3.76. The molecule has 0 aliphatic rings. The van der Waals surface area contributed by atoms with E-state index in [1.807, 2.05) is 24.3 Å². The van der Waals surface area contributed by atoms with Crippen LogP contribution in [0.3, 0.4) is 0 Å². The highest BCUT2D eigenvalue weighted by Crippen LogP contribution is 2.34. The zero-order chi connectivity index (χ0) is 20.8. The molecule has 0 saturated heterocycles. The van der Waals surface area contributed by atoms with Crippen LogP contribution in [0, 0.1) is 0 Å². The standard InChI is InChI=1S/C20H15Br2ClN2O4/c21-13-2-7-16-12(9-13)1-8-17(20(16)22)29-11-19(27)25-24-18(26)10-28-15-5-3-14(23)4-6-15/h1-9H,10-11H2,(H,24,26)(H,25,27). The predicted octanol–water partition coefficient (Wildman–Crippen LogP) is 4.62. The Morgan fingerprint density at radius 2 is 1.52 bits per heavy atom. The van der Waals surface area contributed by atoms with Crippen LogP contribution in [0.5, 0.6) is 11.5 Å². The number of nitrogens with one attached hydrogen (secondary N) is 2. The van der Waals surface area contributed by atoms with E-state index in [0.29, 0.717) is 16.5 Å². The van der Waals surface area contributed by atoms with Crippen molar-refractivity contribution in [2.75, 3.05) is 13.2 Å². The number of fused-ring (bicyclic) bond motifs is 1. The van der Waals surface area contributed by atoms with Gasteiger partial charge in [0.05, 0.1) is 4.47 Å². The Balaban J connectivity index is 1.45. The molecule has 0 aliphatic heterocycles. The fraction of sp³-hybridized carbons (Fsp3) is 0.100. The van der Waals surface area contributed by atoms with Crippen molar-refractivity contribution in [3.8, 4) is 11.5 Å². The van der Waals surface area contributed by atoms with Crippen molar-refractivity contribution < 1.29 is 19.1 Å². The molecule has 0 aliphatic carbocycles. The molecule has 0 fully saturated rings. The Morgan fingerprint density at radius 3 is 2.21 bits per heavy atom. The highest BCUT2D eigenvalue weighted by Gasteiger charge is 2.10. The smallest absolute Gasteiger partial charge is 0.276 e. The first-order chi connectivity index (χ1) is 13.9. The van der Waals surface area contributed by atoms with Crippen LogP contribution in [0.2, 0.25) is 5.02 Å². The number of amides is 2. The van der Waals surface area contributed by atoms with Crippen LogP contribution in [0.25, 0.3) is 10.8 Å². The van der Waals surface area contributed by atoms with Gasteiger partial charge in [-0.05, 0) is 69.2 Å². The minimum atomic E-state index is -0.509. The summed E-state index contributed by atoms with van der Waals surface area (Å²) in [5.74, 6) is -0.00169. The van der Waals surface area contributed by atoms with Gasteiger partial charge in [-0.1, -0.05) is 39.7 Å². The van der Waals surface area contributed by atoms with E-state index < -0.39 is 11.8 Å². The molecule has 9 heteroatoms. The van der Waals surface area contributed by atoms with Crippen molar-refractivity contribution in [3.63, 3.8) is 0 Å². The number of ether oxygens (including phenoxy) is 2. The summed E-state index contributed by atoms with van der Waals surface area (Å²) in [4.78, 5) is 23.7. The van der Waals surface area contributed by atoms with Gasteiger partial charge < -0.3 is 9.47 Å². The van der Waals surface area contributed by atoms with E-state index in [2.05, 4.69) is 42.7 Å². The highest BCUT2D eigenvalue weighted by atomic mass is 79.9. The van der Waals surface area contributed by atoms with Crippen molar-refractivity contribution in [1.82, 2.24) is 10.9 Å². The first-order valence-electron chi connectivity index (χ1n) is 8.39. The van der Waals surface area contributed by atoms with E-state index >= 15 is 0 Å². The minimum Gasteiger partial charge on any atom is -0.484 e. The molecule has 0 aromatic heterocycles. The minimum absolute atomic E-state index is 0.255. The third-order valence-corrected chi connectivity index (χ3v) is 5.33. The summed E-state index contributed by atoms with van der Waals surface area (Å²) < 4.78 is 12.5. The molecule has 0 heterocycles. The van der Waals surface area contributed by atoms with Crippen LogP contribution >= 0.6 is 43.5 Å². The molecule has 2 N–H and O–H groups in total. The molecule has 2 amide bonds. The number of benzene rings is 3. The van der Waals surface area contributed by atoms with E-state index in [-0.39, 0.29) is 13.2 Å². The maximum Gasteiger partial charge on any atom is 0.276 e. The molecule has 3 rings (SSSR count). The second-order valence-electron chi connectivity index (χ2n) is 5.87. The fourth-order valence-corrected chi connectivity index (χ4v) is 3.50. The molecule has 0 radical (unpaired) electrons. The number of carbonyl (C=O) groups excluding carboxylic acids is 2.